The van der Waals surface area contributed by atoms with Crippen molar-refractivity contribution in [2.24, 2.45) is 0 Å². The molecule has 3 nitrogen and oxygen atoms in total. The third-order valence-electron chi connectivity index (χ3n) is 1.89. The molecule has 0 unspecified atom stereocenters. The van der Waals surface area contributed by atoms with Gasteiger partial charge in [-0.3, -0.25) is 5.41 Å². The number of hydrogen-bond acceptors (Lipinski definition) is 3. The highest BCUT2D eigenvalue weighted by Gasteiger charge is 2.09. The normalized spacial score (nSPS) is 9.64. The largest absolute Gasteiger partial charge is 0.496 e. The average molecular weight is 193 g/mol. The highest BCUT2D eigenvalue weighted by Crippen LogP contribution is 2.20. The molecule has 0 aliphatic carbocycles. The Morgan fingerprint density at radius 2 is 2.14 bits per heavy atom. The van der Waals surface area contributed by atoms with Gasteiger partial charge in [-0.1, -0.05) is 11.6 Å². The molecule has 0 saturated heterocycles. The van der Waals surface area contributed by atoms with E-state index < -0.39 is 0 Å². The molecule has 76 valence electrons. The molecule has 0 fully saturated rings. The zero-order chi connectivity index (χ0) is 10.6. The molecule has 0 saturated carbocycles. The van der Waals surface area contributed by atoms with Gasteiger partial charge in [-0.2, -0.15) is 0 Å². The molecule has 0 amide bonds. The fraction of sp³-hybridized carbons (Fsp3) is 0.364. The summed E-state index contributed by atoms with van der Waals surface area (Å²) in [6.07, 6.45) is 0. The Bertz CT molecular complexity index is 334. The molecule has 0 aliphatic rings. The molecule has 0 spiro atoms. The van der Waals surface area contributed by atoms with Crippen molar-refractivity contribution in [1.29, 1.82) is 5.41 Å². The van der Waals surface area contributed by atoms with Crippen LogP contribution >= 0.6 is 0 Å². The zero-order valence-electron chi connectivity index (χ0n) is 8.76. The zero-order valence-corrected chi connectivity index (χ0v) is 8.76. The van der Waals surface area contributed by atoms with Crippen LogP contribution in [-0.4, -0.2) is 19.6 Å². The van der Waals surface area contributed by atoms with E-state index >= 15 is 0 Å². The minimum atomic E-state index is 0.160. The quantitative estimate of drug-likeness (QED) is 0.591. The topological polar surface area (TPSA) is 42.3 Å². The summed E-state index contributed by atoms with van der Waals surface area (Å²) < 4.78 is 10.3. The van der Waals surface area contributed by atoms with Crippen LogP contribution in [0.3, 0.4) is 0 Å². The standard InChI is InChI=1S/C11H15NO2/c1-4-14-11(12)9-7-8(2)5-6-10(9)13-3/h5-7,12H,4H2,1-3H3. The van der Waals surface area contributed by atoms with E-state index in [1.165, 1.54) is 0 Å². The summed E-state index contributed by atoms with van der Waals surface area (Å²) in [6, 6.07) is 5.68. The molecular weight excluding hydrogens is 178 g/mol. The first-order valence-electron chi connectivity index (χ1n) is 4.55. The van der Waals surface area contributed by atoms with Crippen LogP contribution in [0.1, 0.15) is 18.1 Å². The Morgan fingerprint density at radius 1 is 1.43 bits per heavy atom. The molecule has 1 aromatic carbocycles. The summed E-state index contributed by atoms with van der Waals surface area (Å²) >= 11 is 0. The Kier molecular flexibility index (Phi) is 3.51. The lowest BCUT2D eigenvalue weighted by molar-refractivity contribution is 0.323. The first-order valence-corrected chi connectivity index (χ1v) is 4.55. The van der Waals surface area contributed by atoms with Gasteiger partial charge in [-0.05, 0) is 26.0 Å². The van der Waals surface area contributed by atoms with Gasteiger partial charge < -0.3 is 9.47 Å². The van der Waals surface area contributed by atoms with Crippen LogP contribution < -0.4 is 4.74 Å². The van der Waals surface area contributed by atoms with Crippen molar-refractivity contribution in [1.82, 2.24) is 0 Å². The maximum atomic E-state index is 7.67. The van der Waals surface area contributed by atoms with Crippen LogP contribution in [0.15, 0.2) is 18.2 Å². The molecule has 1 aromatic rings. The number of hydrogen-bond donors (Lipinski definition) is 1. The van der Waals surface area contributed by atoms with Gasteiger partial charge in [0.25, 0.3) is 0 Å². The van der Waals surface area contributed by atoms with Crippen LogP contribution in [0.25, 0.3) is 0 Å². The molecule has 3 heteroatoms. The predicted octanol–water partition coefficient (Wildman–Crippen LogP) is 2.37. The first-order chi connectivity index (χ1) is 6.69. The number of nitrogens with one attached hydrogen (secondary N) is 1. The minimum absolute atomic E-state index is 0.160. The van der Waals surface area contributed by atoms with E-state index in [0.717, 1.165) is 5.56 Å². The number of methoxy groups -OCH3 is 1. The van der Waals surface area contributed by atoms with Crippen molar-refractivity contribution < 1.29 is 9.47 Å². The molecule has 0 atom stereocenters. The van der Waals surface area contributed by atoms with E-state index in [2.05, 4.69) is 0 Å². The molecule has 0 aliphatic heterocycles. The second-order valence-corrected chi connectivity index (χ2v) is 2.97. The maximum absolute atomic E-state index is 7.67. The van der Waals surface area contributed by atoms with Crippen molar-refractivity contribution in [3.63, 3.8) is 0 Å². The Balaban J connectivity index is 3.03. The fourth-order valence-electron chi connectivity index (χ4n) is 1.22. The Hall–Kier alpha value is -1.51. The fourth-order valence-corrected chi connectivity index (χ4v) is 1.22. The highest BCUT2D eigenvalue weighted by atomic mass is 16.5. The lowest BCUT2D eigenvalue weighted by Crippen LogP contribution is -2.07. The third-order valence-corrected chi connectivity index (χ3v) is 1.89. The highest BCUT2D eigenvalue weighted by molar-refractivity contribution is 5.94. The van der Waals surface area contributed by atoms with Gasteiger partial charge in [-0.25, -0.2) is 0 Å². The van der Waals surface area contributed by atoms with E-state index in [4.69, 9.17) is 14.9 Å². The third kappa shape index (κ3) is 2.25. The van der Waals surface area contributed by atoms with Crippen LogP contribution in [0.4, 0.5) is 0 Å². The maximum Gasteiger partial charge on any atom is 0.217 e. The molecule has 0 aromatic heterocycles. The smallest absolute Gasteiger partial charge is 0.217 e. The van der Waals surface area contributed by atoms with E-state index in [0.29, 0.717) is 17.9 Å². The number of aryl methyl sites for hydroxylation is 1. The van der Waals surface area contributed by atoms with Gasteiger partial charge in [0.1, 0.15) is 5.75 Å². The Morgan fingerprint density at radius 3 is 2.71 bits per heavy atom. The Labute approximate surface area is 84.2 Å². The summed E-state index contributed by atoms with van der Waals surface area (Å²) in [6.45, 7) is 4.33. The van der Waals surface area contributed by atoms with Gasteiger partial charge in [-0.15, -0.1) is 0 Å². The molecule has 14 heavy (non-hydrogen) atoms. The molecular formula is C11H15NO2. The molecule has 1 N–H and O–H groups in total. The molecule has 0 radical (unpaired) electrons. The van der Waals surface area contributed by atoms with Gasteiger partial charge in [0.05, 0.1) is 19.3 Å². The summed E-state index contributed by atoms with van der Waals surface area (Å²) in [5.41, 5.74) is 1.79. The van der Waals surface area contributed by atoms with Crippen LogP contribution in [0, 0.1) is 12.3 Å². The minimum Gasteiger partial charge on any atom is -0.496 e. The molecule has 0 bridgehead atoms. The van der Waals surface area contributed by atoms with Gasteiger partial charge >= 0.3 is 0 Å². The second kappa shape index (κ2) is 4.65. The molecule has 0 heterocycles. The van der Waals surface area contributed by atoms with Crippen LogP contribution in [0.5, 0.6) is 5.75 Å². The van der Waals surface area contributed by atoms with Gasteiger partial charge in [0.15, 0.2) is 0 Å². The predicted molar refractivity (Wildman–Crippen MR) is 56.2 cm³/mol. The monoisotopic (exact) mass is 193 g/mol. The van der Waals surface area contributed by atoms with E-state index in [1.54, 1.807) is 7.11 Å². The number of ether oxygens (including phenoxy) is 2. The van der Waals surface area contributed by atoms with E-state index in [1.807, 2.05) is 32.0 Å². The van der Waals surface area contributed by atoms with Crippen LogP contribution in [0.2, 0.25) is 0 Å². The SMILES string of the molecule is CCOC(=N)c1cc(C)ccc1OC. The van der Waals surface area contributed by atoms with Gasteiger partial charge in [0, 0.05) is 0 Å². The average Bonchev–Trinajstić information content (AvgIpc) is 2.18. The first kappa shape index (κ1) is 10.6. The number of benzene rings is 1. The van der Waals surface area contributed by atoms with Crippen molar-refractivity contribution >= 4 is 5.90 Å². The van der Waals surface area contributed by atoms with Crippen molar-refractivity contribution in [3.8, 4) is 5.75 Å². The van der Waals surface area contributed by atoms with Gasteiger partial charge in [0.2, 0.25) is 5.90 Å². The van der Waals surface area contributed by atoms with Crippen molar-refractivity contribution in [3.05, 3.63) is 29.3 Å². The summed E-state index contributed by atoms with van der Waals surface area (Å²) in [5, 5.41) is 7.67. The van der Waals surface area contributed by atoms with E-state index in [9.17, 15) is 0 Å². The summed E-state index contributed by atoms with van der Waals surface area (Å²) in [7, 11) is 1.59. The van der Waals surface area contributed by atoms with Crippen molar-refractivity contribution in [2.45, 2.75) is 13.8 Å². The lowest BCUT2D eigenvalue weighted by Gasteiger charge is -2.10. The van der Waals surface area contributed by atoms with Crippen molar-refractivity contribution in [2.75, 3.05) is 13.7 Å². The summed E-state index contributed by atoms with van der Waals surface area (Å²) in [4.78, 5) is 0. The second-order valence-electron chi connectivity index (χ2n) is 2.97. The lowest BCUT2D eigenvalue weighted by atomic mass is 10.1. The summed E-state index contributed by atoms with van der Waals surface area (Å²) in [5.74, 6) is 0.835. The van der Waals surface area contributed by atoms with Crippen LogP contribution in [-0.2, 0) is 4.74 Å². The number of rotatable bonds is 3. The molecule has 1 rings (SSSR count). The van der Waals surface area contributed by atoms with E-state index in [-0.39, 0.29) is 5.90 Å².